The van der Waals surface area contributed by atoms with Crippen LogP contribution in [-0.4, -0.2) is 61.9 Å². The lowest BCUT2D eigenvalue weighted by Gasteiger charge is -2.40. The van der Waals surface area contributed by atoms with E-state index in [4.69, 9.17) is 32.9 Å². The van der Waals surface area contributed by atoms with Crippen LogP contribution in [0.2, 0.25) is 0 Å². The molecule has 0 radical (unpaired) electrons. The number of rotatable bonds is 6. The van der Waals surface area contributed by atoms with E-state index in [-0.39, 0.29) is 22.6 Å². The summed E-state index contributed by atoms with van der Waals surface area (Å²) in [6, 6.07) is 3.15. The first kappa shape index (κ1) is 22.9. The van der Waals surface area contributed by atoms with Gasteiger partial charge in [-0.15, -0.1) is 0 Å². The van der Waals surface area contributed by atoms with Gasteiger partial charge >= 0.3 is 11.8 Å². The lowest BCUT2D eigenvalue weighted by Crippen LogP contribution is -2.58. The van der Waals surface area contributed by atoms with E-state index in [1.54, 1.807) is 19.1 Å². The van der Waals surface area contributed by atoms with Gasteiger partial charge in [-0.3, -0.25) is 0 Å². The number of aromatic hydroxyl groups is 1. The van der Waals surface area contributed by atoms with Crippen molar-refractivity contribution in [2.75, 3.05) is 14.2 Å². The minimum absolute atomic E-state index is 0.0951. The summed E-state index contributed by atoms with van der Waals surface area (Å²) >= 11 is 0. The van der Waals surface area contributed by atoms with Gasteiger partial charge in [-0.1, -0.05) is 12.1 Å². The Kier molecular flexibility index (Phi) is 6.17. The van der Waals surface area contributed by atoms with Gasteiger partial charge in [0.25, 0.3) is 0 Å². The molecule has 1 unspecified atom stereocenters. The molecule has 3 heterocycles. The molecule has 0 saturated carbocycles. The number of ether oxygens (including phenoxy) is 5. The maximum atomic E-state index is 12.5. The van der Waals surface area contributed by atoms with Crippen LogP contribution in [0.1, 0.15) is 31.4 Å². The molecule has 0 amide bonds. The molecule has 2 aliphatic rings. The molecule has 178 valence electrons. The fourth-order valence-electron chi connectivity index (χ4n) is 4.22. The predicted molar refractivity (Wildman–Crippen MR) is 114 cm³/mol. The molecular formula is C22H25NO10. The summed E-state index contributed by atoms with van der Waals surface area (Å²) in [5.41, 5.74) is -0.119. The number of hydrogen-bond acceptors (Lipinski definition) is 11. The normalized spacial score (nSPS) is 27.1. The van der Waals surface area contributed by atoms with Crippen LogP contribution in [-0.2, 0) is 23.8 Å². The summed E-state index contributed by atoms with van der Waals surface area (Å²) in [6.45, 7) is 5.10. The Morgan fingerprint density at radius 3 is 2.58 bits per heavy atom. The summed E-state index contributed by atoms with van der Waals surface area (Å²) in [5.74, 6) is 0.0350. The molecule has 0 aliphatic carbocycles. The van der Waals surface area contributed by atoms with Gasteiger partial charge in [0.05, 0.1) is 17.2 Å². The largest absolute Gasteiger partial charge is 0.509 e. The van der Waals surface area contributed by atoms with Gasteiger partial charge in [-0.25, -0.2) is 9.59 Å². The minimum Gasteiger partial charge on any atom is -0.506 e. The van der Waals surface area contributed by atoms with Gasteiger partial charge in [-0.05, 0) is 32.4 Å². The monoisotopic (exact) mass is 463 g/mol. The third kappa shape index (κ3) is 3.87. The maximum Gasteiger partial charge on any atom is 0.509 e. The SMILES string of the molecule is CC[C@@H]1OC(Oc2ccc3c(O)c(/C(C)=N\OC)c(=O)oc3c2C)[C@@H]2OC(=O)O[C@@H]2[C@H]1OC. The number of carbonyl (C=O) groups is 1. The molecule has 2 saturated heterocycles. The second kappa shape index (κ2) is 8.91. The van der Waals surface area contributed by atoms with E-state index in [1.807, 2.05) is 6.92 Å². The highest BCUT2D eigenvalue weighted by molar-refractivity contribution is 6.04. The van der Waals surface area contributed by atoms with Gasteiger partial charge in [-0.2, -0.15) is 0 Å². The number of fused-ring (bicyclic) bond motifs is 2. The average molecular weight is 463 g/mol. The highest BCUT2D eigenvalue weighted by Crippen LogP contribution is 2.38. The van der Waals surface area contributed by atoms with Crippen molar-refractivity contribution in [3.8, 4) is 11.5 Å². The summed E-state index contributed by atoms with van der Waals surface area (Å²) in [5, 5.41) is 14.7. The van der Waals surface area contributed by atoms with E-state index in [0.717, 1.165) is 0 Å². The van der Waals surface area contributed by atoms with Gasteiger partial charge in [0.2, 0.25) is 12.4 Å². The van der Waals surface area contributed by atoms with Gasteiger partial charge in [0, 0.05) is 12.7 Å². The summed E-state index contributed by atoms with van der Waals surface area (Å²) in [7, 11) is 2.84. The van der Waals surface area contributed by atoms with Crippen molar-refractivity contribution >= 4 is 22.8 Å². The lowest BCUT2D eigenvalue weighted by molar-refractivity contribution is -0.250. The van der Waals surface area contributed by atoms with E-state index >= 15 is 0 Å². The Bertz CT molecular complexity index is 1160. The average Bonchev–Trinajstić information content (AvgIpc) is 3.17. The number of methoxy groups -OCH3 is 1. The number of oxime groups is 1. The zero-order valence-corrected chi connectivity index (χ0v) is 18.8. The Morgan fingerprint density at radius 1 is 1.18 bits per heavy atom. The second-order valence-electron chi connectivity index (χ2n) is 7.72. The third-order valence-corrected chi connectivity index (χ3v) is 5.81. The van der Waals surface area contributed by atoms with Crippen LogP contribution in [0.4, 0.5) is 4.79 Å². The molecule has 2 aliphatic heterocycles. The first-order valence-electron chi connectivity index (χ1n) is 10.4. The number of benzene rings is 1. The first-order valence-corrected chi connectivity index (χ1v) is 10.4. The highest BCUT2D eigenvalue weighted by atomic mass is 16.8. The summed E-state index contributed by atoms with van der Waals surface area (Å²) in [6.07, 6.45) is -3.67. The van der Waals surface area contributed by atoms with E-state index < -0.39 is 42.5 Å². The van der Waals surface area contributed by atoms with Crippen LogP contribution in [0.5, 0.6) is 11.5 Å². The molecule has 5 atom stereocenters. The second-order valence-corrected chi connectivity index (χ2v) is 7.72. The molecule has 33 heavy (non-hydrogen) atoms. The van der Waals surface area contributed by atoms with Crippen LogP contribution >= 0.6 is 0 Å². The number of nitrogens with zero attached hydrogens (tertiary/aromatic N) is 1. The van der Waals surface area contributed by atoms with Crippen LogP contribution < -0.4 is 10.4 Å². The molecule has 2 fully saturated rings. The molecule has 1 aromatic heterocycles. The van der Waals surface area contributed by atoms with Gasteiger partial charge < -0.3 is 38.0 Å². The summed E-state index contributed by atoms with van der Waals surface area (Å²) in [4.78, 5) is 29.0. The predicted octanol–water partition coefficient (Wildman–Crippen LogP) is 2.61. The van der Waals surface area contributed by atoms with Gasteiger partial charge in [0.1, 0.15) is 35.9 Å². The smallest absolute Gasteiger partial charge is 0.506 e. The topological polar surface area (TPSA) is 135 Å². The Labute approximate surface area is 188 Å². The van der Waals surface area contributed by atoms with Crippen LogP contribution in [0.15, 0.2) is 26.5 Å². The van der Waals surface area contributed by atoms with Crippen molar-refractivity contribution in [3.05, 3.63) is 33.7 Å². The summed E-state index contributed by atoms with van der Waals surface area (Å²) < 4.78 is 33.6. The van der Waals surface area contributed by atoms with E-state index in [1.165, 1.54) is 21.1 Å². The molecular weight excluding hydrogens is 438 g/mol. The third-order valence-electron chi connectivity index (χ3n) is 5.81. The molecule has 2 aromatic rings. The highest BCUT2D eigenvalue weighted by Gasteiger charge is 2.55. The maximum absolute atomic E-state index is 12.5. The Morgan fingerprint density at radius 2 is 1.91 bits per heavy atom. The van der Waals surface area contributed by atoms with Crippen molar-refractivity contribution in [1.29, 1.82) is 0 Å². The van der Waals surface area contributed by atoms with Crippen molar-refractivity contribution in [3.63, 3.8) is 0 Å². The fourth-order valence-corrected chi connectivity index (χ4v) is 4.22. The molecule has 1 aromatic carbocycles. The molecule has 0 spiro atoms. The van der Waals surface area contributed by atoms with Crippen molar-refractivity contribution in [1.82, 2.24) is 0 Å². The van der Waals surface area contributed by atoms with Gasteiger partial charge in [0.15, 0.2) is 6.10 Å². The van der Waals surface area contributed by atoms with Crippen LogP contribution in [0.3, 0.4) is 0 Å². The molecule has 1 N–H and O–H groups in total. The van der Waals surface area contributed by atoms with Crippen molar-refractivity contribution < 1.29 is 42.8 Å². The Balaban J connectivity index is 1.71. The first-order chi connectivity index (χ1) is 15.8. The quantitative estimate of drug-likeness (QED) is 0.295. The molecule has 11 nitrogen and oxygen atoms in total. The van der Waals surface area contributed by atoms with Crippen LogP contribution in [0.25, 0.3) is 11.0 Å². The van der Waals surface area contributed by atoms with Crippen LogP contribution in [0, 0.1) is 6.92 Å². The lowest BCUT2D eigenvalue weighted by atomic mass is 9.97. The zero-order valence-electron chi connectivity index (χ0n) is 18.8. The van der Waals surface area contributed by atoms with E-state index in [9.17, 15) is 14.7 Å². The minimum atomic E-state index is -0.982. The standard InChI is InChI=1S/C22H25NO10/c1-6-12-17(27-4)18-19(33-22(26)32-18)21(29-12)30-13-8-7-11-15(24)14(10(3)23-28-5)20(25)31-16(11)9(13)2/h7-8,12,17-19,21,24H,6H2,1-5H3/b23-10-/t12-,17-,18+,19+,21?/m0/s1. The molecule has 11 heteroatoms. The zero-order chi connectivity index (χ0) is 23.9. The van der Waals surface area contributed by atoms with Crippen molar-refractivity contribution in [2.45, 2.75) is 57.9 Å². The molecule has 0 bridgehead atoms. The Hall–Kier alpha value is -3.31. The van der Waals surface area contributed by atoms with E-state index in [2.05, 4.69) is 5.16 Å². The van der Waals surface area contributed by atoms with E-state index in [0.29, 0.717) is 23.1 Å². The number of hydrogen-bond donors (Lipinski definition) is 1. The number of carbonyl (C=O) groups excluding carboxylic acids is 1. The fraction of sp³-hybridized carbons (Fsp3) is 0.500. The number of aryl methyl sites for hydroxylation is 1. The molecule has 4 rings (SSSR count). The van der Waals surface area contributed by atoms with Crippen molar-refractivity contribution in [2.24, 2.45) is 5.16 Å².